The average molecular weight is 720 g/mol. The van der Waals surface area contributed by atoms with E-state index in [1.807, 2.05) is 16.7 Å². The molecular formula is C38H69N7O4S. The van der Waals surface area contributed by atoms with Gasteiger partial charge in [-0.15, -0.1) is 0 Å². The van der Waals surface area contributed by atoms with Crippen LogP contribution in [0.4, 0.5) is 4.79 Å². The first-order chi connectivity index (χ1) is 23.9. The van der Waals surface area contributed by atoms with Crippen LogP contribution < -0.4 is 16.0 Å². The van der Waals surface area contributed by atoms with E-state index in [-0.39, 0.29) is 47.9 Å². The van der Waals surface area contributed by atoms with Crippen molar-refractivity contribution in [3.8, 4) is 0 Å². The summed E-state index contributed by atoms with van der Waals surface area (Å²) in [6.45, 7) is 14.3. The van der Waals surface area contributed by atoms with Gasteiger partial charge in [-0.1, -0.05) is 40.5 Å². The van der Waals surface area contributed by atoms with E-state index in [9.17, 15) is 19.2 Å². The van der Waals surface area contributed by atoms with Gasteiger partial charge in [-0.05, 0) is 103 Å². The number of thioether (sulfide) groups is 1. The fourth-order valence-electron chi connectivity index (χ4n) is 8.23. The molecule has 0 aromatic heterocycles. The van der Waals surface area contributed by atoms with E-state index in [1.165, 1.54) is 6.42 Å². The van der Waals surface area contributed by atoms with Crippen LogP contribution in [0.5, 0.6) is 0 Å². The number of piperidine rings is 1. The highest BCUT2D eigenvalue weighted by Crippen LogP contribution is 2.33. The van der Waals surface area contributed by atoms with Gasteiger partial charge in [-0.2, -0.15) is 11.8 Å². The van der Waals surface area contributed by atoms with Gasteiger partial charge in [0.15, 0.2) is 0 Å². The van der Waals surface area contributed by atoms with Crippen molar-refractivity contribution in [2.24, 2.45) is 17.8 Å². The zero-order valence-corrected chi connectivity index (χ0v) is 32.9. The second-order valence-corrected chi connectivity index (χ2v) is 17.8. The van der Waals surface area contributed by atoms with Crippen molar-refractivity contribution < 1.29 is 19.2 Å². The van der Waals surface area contributed by atoms with E-state index in [2.05, 4.69) is 72.4 Å². The molecule has 4 rings (SSSR count). The number of carbonyl (C=O) groups is 4. The van der Waals surface area contributed by atoms with E-state index in [1.54, 1.807) is 0 Å². The molecule has 12 heteroatoms. The van der Waals surface area contributed by atoms with Gasteiger partial charge < -0.3 is 30.7 Å². The Labute approximate surface area is 307 Å². The lowest BCUT2D eigenvalue weighted by Gasteiger charge is -2.45. The molecule has 0 radical (unpaired) electrons. The van der Waals surface area contributed by atoms with Crippen LogP contribution in [0.2, 0.25) is 0 Å². The van der Waals surface area contributed by atoms with Crippen molar-refractivity contribution in [1.29, 1.82) is 0 Å². The fraction of sp³-hybridized carbons (Fsp3) is 0.895. The normalized spacial score (nSPS) is 25.4. The van der Waals surface area contributed by atoms with Crippen LogP contribution in [0.25, 0.3) is 0 Å². The third kappa shape index (κ3) is 12.3. The number of urea groups is 1. The molecule has 0 spiro atoms. The molecule has 4 heterocycles. The second kappa shape index (κ2) is 20.3. The van der Waals surface area contributed by atoms with Crippen molar-refractivity contribution >= 4 is 35.5 Å². The quantitative estimate of drug-likeness (QED) is 0.128. The maximum absolute atomic E-state index is 14.2. The highest BCUT2D eigenvalue weighted by atomic mass is 32.2. The molecular weight excluding hydrogens is 651 g/mol. The van der Waals surface area contributed by atoms with E-state index in [0.717, 1.165) is 96.3 Å². The smallest absolute Gasteiger partial charge is 0.315 e. The molecule has 0 aromatic rings. The van der Waals surface area contributed by atoms with Crippen molar-refractivity contribution in [1.82, 2.24) is 35.6 Å². The number of amides is 5. The van der Waals surface area contributed by atoms with Crippen LogP contribution in [-0.4, -0.2) is 138 Å². The van der Waals surface area contributed by atoms with Gasteiger partial charge in [0.25, 0.3) is 0 Å². The van der Waals surface area contributed by atoms with Crippen molar-refractivity contribution in [3.63, 3.8) is 0 Å². The minimum atomic E-state index is -0.373. The van der Waals surface area contributed by atoms with Crippen molar-refractivity contribution in [3.05, 3.63) is 0 Å². The summed E-state index contributed by atoms with van der Waals surface area (Å²) in [6.07, 6.45) is 11.2. The Morgan fingerprint density at radius 3 is 2.38 bits per heavy atom. The van der Waals surface area contributed by atoms with Gasteiger partial charge in [0.1, 0.15) is 6.04 Å². The minimum absolute atomic E-state index is 0.0490. The molecule has 50 heavy (non-hydrogen) atoms. The average Bonchev–Trinajstić information content (AvgIpc) is 3.62. The molecule has 5 atom stereocenters. The molecule has 3 unspecified atom stereocenters. The van der Waals surface area contributed by atoms with E-state index in [4.69, 9.17) is 0 Å². The number of hydrogen-bond acceptors (Lipinski definition) is 7. The summed E-state index contributed by atoms with van der Waals surface area (Å²) < 4.78 is 0. The SMILES string of the molecule is CC(C)C[C@H]1C(=O)N([C@@H](CC(C)C)C(=O)N2CCC(CCN(C)C)CC2)CCN1CCCCCNC(=O)CCCCC1SCC2NC(=O)NC21. The predicted molar refractivity (Wildman–Crippen MR) is 203 cm³/mol. The van der Waals surface area contributed by atoms with Gasteiger partial charge in [0, 0.05) is 50.1 Å². The number of rotatable bonds is 20. The Morgan fingerprint density at radius 1 is 0.920 bits per heavy atom. The number of fused-ring (bicyclic) bond motifs is 1. The first-order valence-corrected chi connectivity index (χ1v) is 20.9. The van der Waals surface area contributed by atoms with Crippen molar-refractivity contribution in [2.75, 3.05) is 65.7 Å². The number of unbranched alkanes of at least 4 members (excludes halogenated alkanes) is 3. The molecule has 3 N–H and O–H groups in total. The van der Waals surface area contributed by atoms with Gasteiger partial charge in [0.2, 0.25) is 17.7 Å². The number of carbonyl (C=O) groups excluding carboxylic acids is 4. The highest BCUT2D eigenvalue weighted by Gasteiger charge is 2.43. The van der Waals surface area contributed by atoms with Crippen LogP contribution in [0, 0.1) is 17.8 Å². The Morgan fingerprint density at radius 2 is 1.68 bits per heavy atom. The summed E-state index contributed by atoms with van der Waals surface area (Å²) in [6, 6.07) is -0.126. The van der Waals surface area contributed by atoms with E-state index in [0.29, 0.717) is 48.9 Å². The van der Waals surface area contributed by atoms with Gasteiger partial charge >= 0.3 is 6.03 Å². The third-order valence-corrected chi connectivity index (χ3v) is 12.6. The minimum Gasteiger partial charge on any atom is -0.356 e. The standard InChI is InChI=1S/C38H69N7O4S/c1-27(2)24-31-37(48)45(32(25-28(3)4)36(47)44-20-15-29(16-21-44)14-19-42(5)6)23-22-43(31)18-11-7-10-17-39-34(46)13-9-8-12-33-35-30(26-50-33)40-38(49)41-35/h27-33,35H,7-26H2,1-6H3,(H,39,46)(H2,40,41,49)/t30?,31-,32-,33?,35?/m0/s1. The van der Waals surface area contributed by atoms with Crippen LogP contribution in [0.15, 0.2) is 0 Å². The van der Waals surface area contributed by atoms with Gasteiger partial charge in [0.05, 0.1) is 18.1 Å². The molecule has 5 amide bonds. The maximum Gasteiger partial charge on any atom is 0.315 e. The molecule has 0 aromatic carbocycles. The zero-order chi connectivity index (χ0) is 36.2. The van der Waals surface area contributed by atoms with Gasteiger partial charge in [-0.25, -0.2) is 4.79 Å². The first-order valence-electron chi connectivity index (χ1n) is 19.9. The molecule has 11 nitrogen and oxygen atoms in total. The summed E-state index contributed by atoms with van der Waals surface area (Å²) >= 11 is 1.92. The monoisotopic (exact) mass is 720 g/mol. The predicted octanol–water partition coefficient (Wildman–Crippen LogP) is 4.16. The molecule has 0 saturated carbocycles. The molecule has 4 aliphatic heterocycles. The first kappa shape index (κ1) is 40.7. The molecule has 0 bridgehead atoms. The van der Waals surface area contributed by atoms with E-state index < -0.39 is 0 Å². The van der Waals surface area contributed by atoms with Gasteiger partial charge in [-0.3, -0.25) is 19.3 Å². The number of nitrogens with zero attached hydrogens (tertiary/aromatic N) is 4. The van der Waals surface area contributed by atoms with Crippen molar-refractivity contribution in [2.45, 2.75) is 134 Å². The Kier molecular flexibility index (Phi) is 16.5. The summed E-state index contributed by atoms with van der Waals surface area (Å²) in [4.78, 5) is 60.8. The Bertz CT molecular complexity index is 1100. The summed E-state index contributed by atoms with van der Waals surface area (Å²) in [7, 11) is 4.24. The lowest BCUT2D eigenvalue weighted by atomic mass is 9.91. The summed E-state index contributed by atoms with van der Waals surface area (Å²) in [5, 5.41) is 9.56. The van der Waals surface area contributed by atoms with Crippen LogP contribution in [0.3, 0.4) is 0 Å². The number of likely N-dealkylation sites (tertiary alicyclic amines) is 1. The Balaban J connectivity index is 1.16. The largest absolute Gasteiger partial charge is 0.356 e. The molecule has 286 valence electrons. The van der Waals surface area contributed by atoms with Crippen LogP contribution >= 0.6 is 11.8 Å². The third-order valence-electron chi connectivity index (χ3n) is 11.1. The molecule has 0 aliphatic carbocycles. The number of hydrogen-bond donors (Lipinski definition) is 3. The lowest BCUT2D eigenvalue weighted by molar-refractivity contribution is -0.155. The van der Waals surface area contributed by atoms with Crippen LogP contribution in [0.1, 0.15) is 105 Å². The fourth-order valence-corrected chi connectivity index (χ4v) is 9.78. The topological polar surface area (TPSA) is 117 Å². The maximum atomic E-state index is 14.2. The lowest BCUT2D eigenvalue weighted by Crippen LogP contribution is -2.63. The highest BCUT2D eigenvalue weighted by molar-refractivity contribution is 8.00. The summed E-state index contributed by atoms with van der Waals surface area (Å²) in [5.41, 5.74) is 0. The summed E-state index contributed by atoms with van der Waals surface area (Å²) in [5.74, 6) is 2.76. The zero-order valence-electron chi connectivity index (χ0n) is 32.1. The Hall–Kier alpha value is -2.05. The molecule has 4 saturated heterocycles. The molecule has 4 fully saturated rings. The molecule has 4 aliphatic rings. The second-order valence-electron chi connectivity index (χ2n) is 16.5. The van der Waals surface area contributed by atoms with E-state index >= 15 is 0 Å². The number of piperazine rings is 1. The number of nitrogens with one attached hydrogen (secondary N) is 3. The van der Waals surface area contributed by atoms with Crippen LogP contribution in [-0.2, 0) is 14.4 Å².